The van der Waals surface area contributed by atoms with Gasteiger partial charge in [0.1, 0.15) is 0 Å². The van der Waals surface area contributed by atoms with E-state index in [1.54, 1.807) is 23.1 Å². The van der Waals surface area contributed by atoms with Crippen LogP contribution in [0.4, 0.5) is 5.69 Å². The van der Waals surface area contributed by atoms with Crippen LogP contribution in [0.25, 0.3) is 6.08 Å². The van der Waals surface area contributed by atoms with Gasteiger partial charge in [0.25, 0.3) is 5.69 Å². The number of hydrogen-bond donors (Lipinski definition) is 1. The summed E-state index contributed by atoms with van der Waals surface area (Å²) in [5.41, 5.74) is 1.75. The van der Waals surface area contributed by atoms with E-state index in [9.17, 15) is 19.7 Å². The fraction of sp³-hybridized carbons (Fsp3) is 0.304. The molecule has 2 amide bonds. The predicted octanol–water partition coefficient (Wildman–Crippen LogP) is 3.35. The Kier molecular flexibility index (Phi) is 7.32. The van der Waals surface area contributed by atoms with Crippen LogP contribution in [0.5, 0.6) is 0 Å². The lowest BCUT2D eigenvalue weighted by Crippen LogP contribution is -2.46. The van der Waals surface area contributed by atoms with Crippen molar-refractivity contribution in [3.63, 3.8) is 0 Å². The van der Waals surface area contributed by atoms with Crippen molar-refractivity contribution in [2.24, 2.45) is 0 Å². The number of aryl methyl sites for hydroxylation is 1. The number of carbonyl (C=O) groups excluding carboxylic acids is 2. The van der Waals surface area contributed by atoms with E-state index in [4.69, 9.17) is 0 Å². The minimum Gasteiger partial charge on any atom is -0.353 e. The summed E-state index contributed by atoms with van der Waals surface area (Å²) >= 11 is 0. The highest BCUT2D eigenvalue weighted by molar-refractivity contribution is 5.92. The SMILES string of the molecule is O=C(CCc1ccccc1)NC1CCN(C(=O)C=Cc2cccc([N+](=O)[O-])c2)CC1. The van der Waals surface area contributed by atoms with E-state index in [-0.39, 0.29) is 23.5 Å². The molecule has 0 spiro atoms. The molecular weight excluding hydrogens is 382 g/mol. The molecule has 30 heavy (non-hydrogen) atoms. The molecular formula is C23H25N3O4. The van der Waals surface area contributed by atoms with Gasteiger partial charge in [-0.25, -0.2) is 0 Å². The second-order valence-corrected chi connectivity index (χ2v) is 7.34. The third-order valence-electron chi connectivity index (χ3n) is 5.15. The zero-order valence-electron chi connectivity index (χ0n) is 16.7. The lowest BCUT2D eigenvalue weighted by atomic mass is 10.0. The standard InChI is InChI=1S/C23H25N3O4/c27-22(11-9-18-5-2-1-3-6-18)24-20-13-15-25(16-14-20)23(28)12-10-19-7-4-8-21(17-19)26(29)30/h1-8,10,12,17,20H,9,11,13-16H2,(H,24,27). The fourth-order valence-corrected chi connectivity index (χ4v) is 3.46. The number of benzene rings is 2. The van der Waals surface area contributed by atoms with E-state index < -0.39 is 4.92 Å². The fourth-order valence-electron chi connectivity index (χ4n) is 3.46. The van der Waals surface area contributed by atoms with Gasteiger partial charge in [0, 0.05) is 43.8 Å². The Hall–Kier alpha value is -3.48. The average Bonchev–Trinajstić information content (AvgIpc) is 2.77. The maximum absolute atomic E-state index is 12.4. The van der Waals surface area contributed by atoms with Crippen LogP contribution in [-0.2, 0) is 16.0 Å². The smallest absolute Gasteiger partial charge is 0.270 e. The predicted molar refractivity (Wildman–Crippen MR) is 115 cm³/mol. The van der Waals surface area contributed by atoms with Crippen LogP contribution in [-0.4, -0.2) is 40.8 Å². The lowest BCUT2D eigenvalue weighted by molar-refractivity contribution is -0.384. The van der Waals surface area contributed by atoms with Crippen molar-refractivity contribution in [1.82, 2.24) is 10.2 Å². The molecule has 3 rings (SSSR count). The normalized spacial score (nSPS) is 14.6. The monoisotopic (exact) mass is 407 g/mol. The third kappa shape index (κ3) is 6.27. The van der Waals surface area contributed by atoms with E-state index in [1.165, 1.54) is 18.2 Å². The zero-order valence-corrected chi connectivity index (χ0v) is 16.7. The Morgan fingerprint density at radius 3 is 2.53 bits per heavy atom. The largest absolute Gasteiger partial charge is 0.353 e. The molecule has 0 aromatic heterocycles. The Labute approximate surface area is 175 Å². The lowest BCUT2D eigenvalue weighted by Gasteiger charge is -2.31. The van der Waals surface area contributed by atoms with Crippen molar-refractivity contribution in [1.29, 1.82) is 0 Å². The molecule has 2 aromatic rings. The van der Waals surface area contributed by atoms with Gasteiger partial charge in [-0.3, -0.25) is 19.7 Å². The van der Waals surface area contributed by atoms with Crippen LogP contribution in [0.1, 0.15) is 30.4 Å². The molecule has 2 aromatic carbocycles. The average molecular weight is 407 g/mol. The topological polar surface area (TPSA) is 92.6 Å². The highest BCUT2D eigenvalue weighted by Crippen LogP contribution is 2.15. The molecule has 7 nitrogen and oxygen atoms in total. The first-order valence-electron chi connectivity index (χ1n) is 10.1. The number of amides is 2. The number of nitro groups is 1. The van der Waals surface area contributed by atoms with E-state index in [2.05, 4.69) is 5.32 Å². The summed E-state index contributed by atoms with van der Waals surface area (Å²) in [7, 11) is 0. The van der Waals surface area contributed by atoms with Gasteiger partial charge in [-0.05, 0) is 36.5 Å². The van der Waals surface area contributed by atoms with Crippen LogP contribution in [0.15, 0.2) is 60.7 Å². The number of nitrogens with zero attached hydrogens (tertiary/aromatic N) is 2. The summed E-state index contributed by atoms with van der Waals surface area (Å²) in [6, 6.07) is 16.1. The third-order valence-corrected chi connectivity index (χ3v) is 5.15. The summed E-state index contributed by atoms with van der Waals surface area (Å²) in [5, 5.41) is 13.9. The van der Waals surface area contributed by atoms with Gasteiger partial charge < -0.3 is 10.2 Å². The molecule has 0 atom stereocenters. The van der Waals surface area contributed by atoms with Gasteiger partial charge in [0.2, 0.25) is 11.8 Å². The van der Waals surface area contributed by atoms with Gasteiger partial charge in [0.15, 0.2) is 0 Å². The number of likely N-dealkylation sites (tertiary alicyclic amines) is 1. The molecule has 1 aliphatic rings. The molecule has 1 heterocycles. The van der Waals surface area contributed by atoms with E-state index in [0.717, 1.165) is 5.56 Å². The minimum atomic E-state index is -0.460. The van der Waals surface area contributed by atoms with E-state index >= 15 is 0 Å². The molecule has 156 valence electrons. The maximum atomic E-state index is 12.4. The minimum absolute atomic E-state index is 0.00609. The van der Waals surface area contributed by atoms with Crippen molar-refractivity contribution in [2.45, 2.75) is 31.7 Å². The summed E-state index contributed by atoms with van der Waals surface area (Å²) in [5.74, 6) is -0.0930. The molecule has 1 saturated heterocycles. The quantitative estimate of drug-likeness (QED) is 0.433. The van der Waals surface area contributed by atoms with Gasteiger partial charge in [-0.15, -0.1) is 0 Å². The first-order valence-corrected chi connectivity index (χ1v) is 10.1. The number of carbonyl (C=O) groups is 2. The van der Waals surface area contributed by atoms with Gasteiger partial charge in [-0.1, -0.05) is 42.5 Å². The van der Waals surface area contributed by atoms with Crippen LogP contribution in [0.2, 0.25) is 0 Å². The Morgan fingerprint density at radius 2 is 1.83 bits per heavy atom. The summed E-state index contributed by atoms with van der Waals surface area (Å²) in [6.07, 6.45) is 5.63. The zero-order chi connectivity index (χ0) is 21.3. The molecule has 1 aliphatic heterocycles. The van der Waals surface area contributed by atoms with Crippen molar-refractivity contribution in [2.75, 3.05) is 13.1 Å². The number of nitrogens with one attached hydrogen (secondary N) is 1. The Morgan fingerprint density at radius 1 is 1.10 bits per heavy atom. The highest BCUT2D eigenvalue weighted by atomic mass is 16.6. The van der Waals surface area contributed by atoms with Gasteiger partial charge in [0.05, 0.1) is 4.92 Å². The molecule has 1 N–H and O–H groups in total. The molecule has 7 heteroatoms. The van der Waals surface area contributed by atoms with E-state index in [1.807, 2.05) is 30.3 Å². The van der Waals surface area contributed by atoms with Gasteiger partial charge >= 0.3 is 0 Å². The second kappa shape index (κ2) is 10.3. The van der Waals surface area contributed by atoms with E-state index in [0.29, 0.717) is 44.3 Å². The Balaban J connectivity index is 1.42. The van der Waals surface area contributed by atoms with Crippen LogP contribution < -0.4 is 5.32 Å². The second-order valence-electron chi connectivity index (χ2n) is 7.34. The molecule has 0 bridgehead atoms. The Bertz CT molecular complexity index is 919. The maximum Gasteiger partial charge on any atom is 0.270 e. The van der Waals surface area contributed by atoms with Crippen LogP contribution in [0.3, 0.4) is 0 Å². The van der Waals surface area contributed by atoms with Crippen molar-refractivity contribution in [3.8, 4) is 0 Å². The molecule has 0 saturated carbocycles. The van der Waals surface area contributed by atoms with Crippen molar-refractivity contribution in [3.05, 3.63) is 81.9 Å². The number of hydrogen-bond acceptors (Lipinski definition) is 4. The number of nitro benzene ring substituents is 1. The number of rotatable bonds is 7. The molecule has 0 aliphatic carbocycles. The van der Waals surface area contributed by atoms with Crippen molar-refractivity contribution < 1.29 is 14.5 Å². The van der Waals surface area contributed by atoms with Gasteiger partial charge in [-0.2, -0.15) is 0 Å². The first-order chi connectivity index (χ1) is 14.5. The molecule has 1 fully saturated rings. The number of non-ortho nitro benzene ring substituents is 1. The summed E-state index contributed by atoms with van der Waals surface area (Å²) < 4.78 is 0. The highest BCUT2D eigenvalue weighted by Gasteiger charge is 2.22. The van der Waals surface area contributed by atoms with Crippen LogP contribution in [0, 0.1) is 10.1 Å². The van der Waals surface area contributed by atoms with Crippen molar-refractivity contribution >= 4 is 23.6 Å². The molecule has 0 radical (unpaired) electrons. The number of piperidine rings is 1. The first kappa shape index (κ1) is 21.2. The summed E-state index contributed by atoms with van der Waals surface area (Å²) in [4.78, 5) is 36.7. The van der Waals surface area contributed by atoms with Crippen LogP contribution >= 0.6 is 0 Å². The summed E-state index contributed by atoms with van der Waals surface area (Å²) in [6.45, 7) is 1.14. The molecule has 0 unspecified atom stereocenters.